The molecule has 0 aliphatic rings. The fourth-order valence-corrected chi connectivity index (χ4v) is 2.61. The lowest BCUT2D eigenvalue weighted by atomic mass is 10.2. The zero-order valence-corrected chi connectivity index (χ0v) is 13.2. The van der Waals surface area contributed by atoms with Crippen molar-refractivity contribution in [3.05, 3.63) is 12.2 Å². The third kappa shape index (κ3) is 6.03. The second kappa shape index (κ2) is 6.35. The number of methoxy groups -OCH3 is 1. The summed E-state index contributed by atoms with van der Waals surface area (Å²) in [6, 6.07) is 0. The first-order valence-electron chi connectivity index (χ1n) is 6.02. The van der Waals surface area contributed by atoms with Gasteiger partial charge in [-0.05, 0) is 31.5 Å². The Morgan fingerprint density at radius 1 is 1.35 bits per heavy atom. The standard InChI is InChI=1S/C13H26O3Si/c1-11(9-8-10-12(14)15-5)16-17(6,7)13(2,3)4/h8,10-11H,9H2,1-7H3/b10-8+/t11-/m1/s1. The third-order valence-corrected chi connectivity index (χ3v) is 7.83. The van der Waals surface area contributed by atoms with E-state index in [-0.39, 0.29) is 17.1 Å². The molecule has 0 amide bonds. The van der Waals surface area contributed by atoms with Crippen molar-refractivity contribution in [2.45, 2.75) is 58.4 Å². The summed E-state index contributed by atoms with van der Waals surface area (Å²) in [4.78, 5) is 10.9. The maximum absolute atomic E-state index is 10.9. The zero-order valence-electron chi connectivity index (χ0n) is 12.2. The van der Waals surface area contributed by atoms with Gasteiger partial charge in [-0.3, -0.25) is 0 Å². The van der Waals surface area contributed by atoms with Gasteiger partial charge < -0.3 is 9.16 Å². The molecule has 0 unspecified atom stereocenters. The van der Waals surface area contributed by atoms with Gasteiger partial charge in [0, 0.05) is 12.2 Å². The Morgan fingerprint density at radius 3 is 2.29 bits per heavy atom. The van der Waals surface area contributed by atoms with Crippen LogP contribution in [-0.2, 0) is 14.0 Å². The number of carbonyl (C=O) groups excluding carboxylic acids is 1. The quantitative estimate of drug-likeness (QED) is 0.430. The molecule has 0 saturated carbocycles. The Hall–Kier alpha value is -0.613. The average Bonchev–Trinajstić information content (AvgIpc) is 2.14. The molecule has 17 heavy (non-hydrogen) atoms. The van der Waals surface area contributed by atoms with Gasteiger partial charge in [-0.2, -0.15) is 0 Å². The molecule has 0 aliphatic heterocycles. The molecule has 1 atom stereocenters. The van der Waals surface area contributed by atoms with Crippen LogP contribution in [0, 0.1) is 0 Å². The molecule has 0 fully saturated rings. The van der Waals surface area contributed by atoms with Crippen LogP contribution in [-0.4, -0.2) is 27.5 Å². The lowest BCUT2D eigenvalue weighted by molar-refractivity contribution is -0.134. The molecule has 0 rings (SSSR count). The Labute approximate surface area is 106 Å². The normalized spacial score (nSPS) is 15.0. The number of rotatable bonds is 5. The van der Waals surface area contributed by atoms with Gasteiger partial charge in [0.1, 0.15) is 0 Å². The van der Waals surface area contributed by atoms with Crippen molar-refractivity contribution in [3.63, 3.8) is 0 Å². The van der Waals surface area contributed by atoms with E-state index >= 15 is 0 Å². The van der Waals surface area contributed by atoms with Crippen molar-refractivity contribution < 1.29 is 14.0 Å². The van der Waals surface area contributed by atoms with Crippen LogP contribution >= 0.6 is 0 Å². The van der Waals surface area contributed by atoms with Crippen LogP contribution in [0.2, 0.25) is 18.1 Å². The minimum absolute atomic E-state index is 0.136. The van der Waals surface area contributed by atoms with Crippen molar-refractivity contribution in [1.82, 2.24) is 0 Å². The zero-order chi connectivity index (χ0) is 13.7. The minimum atomic E-state index is -1.70. The molecular weight excluding hydrogens is 232 g/mol. The Balaban J connectivity index is 4.24. The molecule has 0 aromatic rings. The summed E-state index contributed by atoms with van der Waals surface area (Å²) in [6.45, 7) is 13.2. The van der Waals surface area contributed by atoms with Crippen LogP contribution in [0.4, 0.5) is 0 Å². The van der Waals surface area contributed by atoms with Gasteiger partial charge >= 0.3 is 5.97 Å². The van der Waals surface area contributed by atoms with Gasteiger partial charge in [-0.1, -0.05) is 26.8 Å². The van der Waals surface area contributed by atoms with E-state index in [0.717, 1.165) is 6.42 Å². The minimum Gasteiger partial charge on any atom is -0.466 e. The first-order valence-corrected chi connectivity index (χ1v) is 8.93. The van der Waals surface area contributed by atoms with E-state index in [2.05, 4.69) is 38.6 Å². The van der Waals surface area contributed by atoms with E-state index in [4.69, 9.17) is 4.43 Å². The highest BCUT2D eigenvalue weighted by Crippen LogP contribution is 2.37. The van der Waals surface area contributed by atoms with Crippen LogP contribution in [0.3, 0.4) is 0 Å². The van der Waals surface area contributed by atoms with E-state index in [9.17, 15) is 4.79 Å². The van der Waals surface area contributed by atoms with Crippen molar-refractivity contribution in [2.75, 3.05) is 7.11 Å². The summed E-state index contributed by atoms with van der Waals surface area (Å²) in [6.07, 6.45) is 4.13. The van der Waals surface area contributed by atoms with Gasteiger partial charge in [-0.15, -0.1) is 0 Å². The van der Waals surface area contributed by atoms with E-state index in [0.29, 0.717) is 0 Å². The maximum atomic E-state index is 10.9. The summed E-state index contributed by atoms with van der Waals surface area (Å²) in [5.74, 6) is -0.315. The van der Waals surface area contributed by atoms with Crippen LogP contribution in [0.15, 0.2) is 12.2 Å². The summed E-state index contributed by atoms with van der Waals surface area (Å²) >= 11 is 0. The van der Waals surface area contributed by atoms with Gasteiger partial charge in [0.05, 0.1) is 7.11 Å². The number of carbonyl (C=O) groups is 1. The lowest BCUT2D eigenvalue weighted by Crippen LogP contribution is -2.43. The molecule has 0 radical (unpaired) electrons. The lowest BCUT2D eigenvalue weighted by Gasteiger charge is -2.38. The molecule has 4 heteroatoms. The number of ether oxygens (including phenoxy) is 1. The number of esters is 1. The van der Waals surface area contributed by atoms with Gasteiger partial charge in [0.25, 0.3) is 0 Å². The Kier molecular flexibility index (Phi) is 6.13. The van der Waals surface area contributed by atoms with E-state index in [1.165, 1.54) is 13.2 Å². The van der Waals surface area contributed by atoms with E-state index in [1.807, 2.05) is 13.0 Å². The fourth-order valence-electron chi connectivity index (χ4n) is 1.15. The monoisotopic (exact) mass is 258 g/mol. The second-order valence-corrected chi connectivity index (χ2v) is 10.6. The van der Waals surface area contributed by atoms with Crippen molar-refractivity contribution in [2.24, 2.45) is 0 Å². The topological polar surface area (TPSA) is 35.5 Å². The molecule has 0 aliphatic carbocycles. The maximum Gasteiger partial charge on any atom is 0.330 e. The molecule has 100 valence electrons. The Morgan fingerprint density at radius 2 is 1.88 bits per heavy atom. The molecule has 0 spiro atoms. The number of hydrogen-bond acceptors (Lipinski definition) is 3. The summed E-state index contributed by atoms with van der Waals surface area (Å²) < 4.78 is 10.7. The van der Waals surface area contributed by atoms with Gasteiger partial charge in [0.2, 0.25) is 0 Å². The molecule has 0 aromatic heterocycles. The van der Waals surface area contributed by atoms with Gasteiger partial charge in [-0.25, -0.2) is 4.79 Å². The first kappa shape index (κ1) is 16.4. The van der Waals surface area contributed by atoms with E-state index in [1.54, 1.807) is 0 Å². The predicted molar refractivity (Wildman–Crippen MR) is 73.5 cm³/mol. The van der Waals surface area contributed by atoms with Crippen LogP contribution in [0.1, 0.15) is 34.1 Å². The molecule has 0 saturated heterocycles. The van der Waals surface area contributed by atoms with Crippen molar-refractivity contribution in [3.8, 4) is 0 Å². The number of hydrogen-bond donors (Lipinski definition) is 0. The molecule has 0 bridgehead atoms. The fraction of sp³-hybridized carbons (Fsp3) is 0.769. The average molecular weight is 258 g/mol. The second-order valence-electron chi connectivity index (χ2n) is 5.85. The van der Waals surface area contributed by atoms with Crippen LogP contribution in [0.5, 0.6) is 0 Å². The molecule has 0 aromatic carbocycles. The predicted octanol–water partition coefficient (Wildman–Crippen LogP) is 3.52. The summed E-state index contributed by atoms with van der Waals surface area (Å²) in [5.41, 5.74) is 0. The van der Waals surface area contributed by atoms with Gasteiger partial charge in [0.15, 0.2) is 8.32 Å². The highest BCUT2D eigenvalue weighted by Gasteiger charge is 2.38. The van der Waals surface area contributed by atoms with Crippen molar-refractivity contribution in [1.29, 1.82) is 0 Å². The SMILES string of the molecule is COC(=O)/C=C/C[C@@H](C)O[Si](C)(C)C(C)(C)C. The highest BCUT2D eigenvalue weighted by molar-refractivity contribution is 6.74. The largest absolute Gasteiger partial charge is 0.466 e. The molecule has 0 N–H and O–H groups in total. The first-order chi connectivity index (χ1) is 7.60. The van der Waals surface area contributed by atoms with Crippen molar-refractivity contribution >= 4 is 14.3 Å². The molecule has 0 heterocycles. The molecular formula is C13H26O3Si. The summed E-state index contributed by atoms with van der Waals surface area (Å²) in [5, 5.41) is 0.216. The Bertz CT molecular complexity index is 277. The smallest absolute Gasteiger partial charge is 0.330 e. The third-order valence-electron chi connectivity index (χ3n) is 3.23. The van der Waals surface area contributed by atoms with E-state index < -0.39 is 8.32 Å². The molecule has 3 nitrogen and oxygen atoms in total. The van der Waals surface area contributed by atoms with Crippen LogP contribution < -0.4 is 0 Å². The van der Waals surface area contributed by atoms with Crippen LogP contribution in [0.25, 0.3) is 0 Å². The highest BCUT2D eigenvalue weighted by atomic mass is 28.4. The summed E-state index contributed by atoms with van der Waals surface area (Å²) in [7, 11) is -0.326.